The van der Waals surface area contributed by atoms with Crippen molar-refractivity contribution < 1.29 is 0 Å². The molecule has 0 spiro atoms. The number of anilines is 2. The fourth-order valence-corrected chi connectivity index (χ4v) is 12.6. The van der Waals surface area contributed by atoms with E-state index in [1.165, 1.54) is 120 Å². The Labute approximate surface area is 368 Å². The van der Waals surface area contributed by atoms with Crippen molar-refractivity contribution in [2.75, 3.05) is 5.32 Å². The van der Waals surface area contributed by atoms with Crippen molar-refractivity contribution in [3.8, 4) is 39.1 Å². The van der Waals surface area contributed by atoms with Crippen molar-refractivity contribution in [3.63, 3.8) is 0 Å². The Hall–Kier alpha value is -6.36. The molecule has 2 aliphatic carbocycles. The van der Waals surface area contributed by atoms with Gasteiger partial charge in [0.25, 0.3) is 0 Å². The fourth-order valence-electron chi connectivity index (χ4n) is 11.5. The lowest BCUT2D eigenvalue weighted by atomic mass is 9.59. The highest BCUT2D eigenvalue weighted by Gasteiger charge is 2.39. The molecule has 4 heteroatoms. The number of aromatic nitrogens is 1. The Bertz CT molecular complexity index is 3610. The molecule has 3 aliphatic rings. The van der Waals surface area contributed by atoms with Gasteiger partial charge in [-0.05, 0) is 121 Å². The summed E-state index contributed by atoms with van der Waals surface area (Å²) in [5, 5.41) is 9.25. The number of nitrogens with one attached hydrogen (secondary N) is 1. The third kappa shape index (κ3) is 4.82. The van der Waals surface area contributed by atoms with Crippen LogP contribution < -0.4 is 16.2 Å². The third-order valence-corrected chi connectivity index (χ3v) is 15.9. The quantitative estimate of drug-likeness (QED) is 0.176. The number of fused-ring (bicyclic) bond motifs is 14. The molecule has 0 bridgehead atoms. The Balaban J connectivity index is 1.11. The van der Waals surface area contributed by atoms with Crippen LogP contribution in [0, 0.1) is 0 Å². The first-order valence-corrected chi connectivity index (χ1v) is 22.9. The minimum absolute atomic E-state index is 0.0798. The van der Waals surface area contributed by atoms with Gasteiger partial charge in [-0.3, -0.25) is 0 Å². The summed E-state index contributed by atoms with van der Waals surface area (Å²) >= 11 is 1.90. The summed E-state index contributed by atoms with van der Waals surface area (Å²) in [5.74, 6) is 0. The van der Waals surface area contributed by atoms with E-state index >= 15 is 0 Å². The molecule has 8 aromatic carbocycles. The highest BCUT2D eigenvalue weighted by molar-refractivity contribution is 7.26. The van der Waals surface area contributed by atoms with Crippen LogP contribution in [0.5, 0.6) is 0 Å². The van der Waals surface area contributed by atoms with E-state index in [-0.39, 0.29) is 16.2 Å². The molecular weight excluding hydrogens is 768 g/mol. The zero-order chi connectivity index (χ0) is 42.0. The standard InChI is InChI=1S/C58H46BN2S/c1-56(2,3)32-20-22-33(23-21-32)60-49-30-47-39(34-14-8-11-17-44(34)58(47,6)7)26-41(49)37-24-25-38-42-27-46-40(35-15-9-12-18-45(35)57(46,4)5)28-50(42)61-51-29-43-36-16-10-13-19-52(36)62-53(43)31-48(51)59-54(37)55(38)61/h8-31,60H,1-7H3. The number of benzene rings is 8. The van der Waals surface area contributed by atoms with Gasteiger partial charge in [0, 0.05) is 69.9 Å². The largest absolute Gasteiger partial charge is 0.355 e. The molecule has 3 heterocycles. The van der Waals surface area contributed by atoms with Crippen LogP contribution in [0.2, 0.25) is 0 Å². The first-order valence-electron chi connectivity index (χ1n) is 22.1. The minimum atomic E-state index is -0.130. The number of rotatable bonds is 3. The average molecular weight is 814 g/mol. The lowest BCUT2D eigenvalue weighted by Crippen LogP contribution is -2.37. The van der Waals surface area contributed by atoms with E-state index in [0.717, 1.165) is 11.4 Å². The van der Waals surface area contributed by atoms with Crippen molar-refractivity contribution >= 4 is 82.9 Å². The van der Waals surface area contributed by atoms with Crippen molar-refractivity contribution in [1.82, 2.24) is 4.57 Å². The summed E-state index contributed by atoms with van der Waals surface area (Å²) in [6.07, 6.45) is 0. The summed E-state index contributed by atoms with van der Waals surface area (Å²) in [6.45, 7) is 16.4. The molecular formula is C58H46BN2S. The molecule has 0 unspecified atom stereocenters. The van der Waals surface area contributed by atoms with E-state index in [1.807, 2.05) is 11.3 Å². The van der Waals surface area contributed by atoms with E-state index < -0.39 is 0 Å². The summed E-state index contributed by atoms with van der Waals surface area (Å²) in [7, 11) is 2.50. The van der Waals surface area contributed by atoms with Gasteiger partial charge in [0.05, 0.1) is 5.52 Å². The second kappa shape index (κ2) is 12.2. The smallest absolute Gasteiger partial charge is 0.197 e. The van der Waals surface area contributed by atoms with Gasteiger partial charge in [0.15, 0.2) is 7.28 Å². The third-order valence-electron chi connectivity index (χ3n) is 14.8. The molecule has 1 radical (unpaired) electrons. The predicted octanol–water partition coefficient (Wildman–Crippen LogP) is 14.4. The molecule has 13 rings (SSSR count). The Kier molecular flexibility index (Phi) is 7.13. The number of hydrogen-bond acceptors (Lipinski definition) is 2. The zero-order valence-corrected chi connectivity index (χ0v) is 37.1. The summed E-state index contributed by atoms with van der Waals surface area (Å²) in [6, 6.07) is 55.7. The van der Waals surface area contributed by atoms with Crippen LogP contribution in [0.25, 0.3) is 81.0 Å². The first kappa shape index (κ1) is 36.3. The monoisotopic (exact) mass is 813 g/mol. The fraction of sp³-hybridized carbons (Fsp3) is 0.172. The van der Waals surface area contributed by atoms with Crippen LogP contribution in [0.3, 0.4) is 0 Å². The second-order valence-corrected chi connectivity index (χ2v) is 21.1. The van der Waals surface area contributed by atoms with Gasteiger partial charge in [0.1, 0.15) is 0 Å². The van der Waals surface area contributed by atoms with E-state index in [0.29, 0.717) is 0 Å². The lowest BCUT2D eigenvalue weighted by Gasteiger charge is -2.26. The van der Waals surface area contributed by atoms with Crippen molar-refractivity contribution in [3.05, 3.63) is 173 Å². The van der Waals surface area contributed by atoms with Gasteiger partial charge in [0.2, 0.25) is 0 Å². The molecule has 0 saturated heterocycles. The summed E-state index contributed by atoms with van der Waals surface area (Å²) in [4.78, 5) is 0. The zero-order valence-electron chi connectivity index (χ0n) is 36.3. The number of hydrogen-bond donors (Lipinski definition) is 1. The minimum Gasteiger partial charge on any atom is -0.355 e. The van der Waals surface area contributed by atoms with Crippen LogP contribution in [-0.2, 0) is 16.2 Å². The van der Waals surface area contributed by atoms with Crippen LogP contribution in [-0.4, -0.2) is 11.8 Å². The SMILES string of the molecule is CC(C)(C)c1ccc(Nc2cc3c(cc2-c2ccc4c5cc6c(cc5n5c4c2[B]c2cc4sc7ccccc7c4cc2-5)-c2ccccc2C6(C)C)-c2ccccc2C3(C)C)cc1. The van der Waals surface area contributed by atoms with Crippen molar-refractivity contribution in [2.45, 2.75) is 64.7 Å². The molecule has 0 fully saturated rings. The van der Waals surface area contributed by atoms with Crippen LogP contribution >= 0.6 is 11.3 Å². The molecule has 2 nitrogen and oxygen atoms in total. The highest BCUT2D eigenvalue weighted by Crippen LogP contribution is 2.54. The van der Waals surface area contributed by atoms with Gasteiger partial charge in [-0.1, -0.05) is 145 Å². The van der Waals surface area contributed by atoms with Gasteiger partial charge >= 0.3 is 0 Å². The Morgan fingerprint density at radius 1 is 0.516 bits per heavy atom. The molecule has 1 N–H and O–H groups in total. The van der Waals surface area contributed by atoms with Crippen molar-refractivity contribution in [1.29, 1.82) is 0 Å². The predicted molar refractivity (Wildman–Crippen MR) is 268 cm³/mol. The molecule has 297 valence electrons. The number of thiophene rings is 1. The van der Waals surface area contributed by atoms with Crippen LogP contribution in [0.15, 0.2) is 146 Å². The van der Waals surface area contributed by atoms with Crippen LogP contribution in [0.1, 0.15) is 76.3 Å². The molecule has 0 amide bonds. The highest BCUT2D eigenvalue weighted by atomic mass is 32.1. The van der Waals surface area contributed by atoms with E-state index in [4.69, 9.17) is 0 Å². The average Bonchev–Trinajstić information content (AvgIpc) is 3.93. The normalized spacial score (nSPS) is 15.1. The van der Waals surface area contributed by atoms with E-state index in [1.54, 1.807) is 0 Å². The second-order valence-electron chi connectivity index (χ2n) is 20.1. The molecule has 0 saturated carbocycles. The van der Waals surface area contributed by atoms with Gasteiger partial charge in [-0.25, -0.2) is 0 Å². The van der Waals surface area contributed by atoms with Gasteiger partial charge in [-0.15, -0.1) is 11.3 Å². The van der Waals surface area contributed by atoms with E-state index in [2.05, 4.69) is 211 Å². The topological polar surface area (TPSA) is 17.0 Å². The molecule has 62 heavy (non-hydrogen) atoms. The summed E-state index contributed by atoms with van der Waals surface area (Å²) in [5.41, 5.74) is 23.1. The maximum Gasteiger partial charge on any atom is 0.197 e. The van der Waals surface area contributed by atoms with Crippen molar-refractivity contribution in [2.24, 2.45) is 0 Å². The van der Waals surface area contributed by atoms with Gasteiger partial charge < -0.3 is 9.88 Å². The van der Waals surface area contributed by atoms with E-state index in [9.17, 15) is 0 Å². The molecule has 10 aromatic rings. The van der Waals surface area contributed by atoms with Gasteiger partial charge in [-0.2, -0.15) is 0 Å². The molecule has 2 aromatic heterocycles. The summed E-state index contributed by atoms with van der Waals surface area (Å²) < 4.78 is 5.27. The molecule has 1 aliphatic heterocycles. The maximum absolute atomic E-state index is 3.99. The lowest BCUT2D eigenvalue weighted by molar-refractivity contribution is 0.590. The Morgan fingerprint density at radius 3 is 1.90 bits per heavy atom. The first-order chi connectivity index (χ1) is 29.9. The number of nitrogens with zero attached hydrogens (tertiary/aromatic N) is 1. The molecule has 0 atom stereocenters. The maximum atomic E-state index is 3.99. The Morgan fingerprint density at radius 2 is 1.18 bits per heavy atom. The van der Waals surface area contributed by atoms with Crippen LogP contribution in [0.4, 0.5) is 11.4 Å².